The lowest BCUT2D eigenvalue weighted by molar-refractivity contribution is -0.344. The third kappa shape index (κ3) is 6.83. The number of H-pyrrole nitrogens is 1. The highest BCUT2D eigenvalue weighted by molar-refractivity contribution is 7.85. The van der Waals surface area contributed by atoms with Gasteiger partial charge in [0.05, 0.1) is 16.9 Å². The maximum absolute atomic E-state index is 10.4. The van der Waals surface area contributed by atoms with Gasteiger partial charge in [-0.05, 0) is 66.1 Å². The van der Waals surface area contributed by atoms with Crippen molar-refractivity contribution >= 4 is 43.6 Å². The highest BCUT2D eigenvalue weighted by Crippen LogP contribution is 2.28. The van der Waals surface area contributed by atoms with Gasteiger partial charge in [-0.25, -0.2) is 13.4 Å². The maximum Gasteiger partial charge on any atom is 0.211 e. The first-order chi connectivity index (χ1) is 18.4. The van der Waals surface area contributed by atoms with E-state index in [2.05, 4.69) is 71.1 Å². The van der Waals surface area contributed by atoms with E-state index >= 15 is 0 Å². The summed E-state index contributed by atoms with van der Waals surface area (Å²) in [6, 6.07) is 28.8. The minimum absolute atomic E-state index is 0.178. The number of benzene rings is 4. The van der Waals surface area contributed by atoms with Crippen molar-refractivity contribution in [2.24, 2.45) is 0 Å². The standard InChI is InChI=1S/C24H22N2O.C7H8O3S/c1-27-16-14-22-19(13-15-25-20-8-3-2-4-9-20)17-26-23-12-11-18-7-5-6-10-21(18)24(22)23;1-6-2-4-7(5-3-6)11(8,9)10/h2-13,15,17,25H,14,16H2,1H3;2-5H,1H3,(H,8,9,10). The normalized spacial score (nSPS) is 11.4. The molecule has 38 heavy (non-hydrogen) atoms. The van der Waals surface area contributed by atoms with Crippen LogP contribution >= 0.6 is 0 Å². The van der Waals surface area contributed by atoms with Gasteiger partial charge in [0.1, 0.15) is 10.1 Å². The number of methoxy groups -OCH3 is 1. The third-order valence-electron chi connectivity index (χ3n) is 6.11. The van der Waals surface area contributed by atoms with Gasteiger partial charge in [0, 0.05) is 30.6 Å². The number of anilines is 1. The number of aromatic nitrogens is 1. The lowest BCUT2D eigenvalue weighted by Crippen LogP contribution is -2.09. The molecule has 0 unspecified atom stereocenters. The molecule has 0 bridgehead atoms. The van der Waals surface area contributed by atoms with Crippen molar-refractivity contribution in [3.8, 4) is 0 Å². The summed E-state index contributed by atoms with van der Waals surface area (Å²) in [5.41, 5.74) is 5.61. The van der Waals surface area contributed by atoms with E-state index in [1.165, 1.54) is 39.4 Å². The number of para-hydroxylation sites is 1. The van der Waals surface area contributed by atoms with E-state index in [0.29, 0.717) is 6.61 Å². The number of nitrogens with one attached hydrogen (secondary N) is 2. The van der Waals surface area contributed by atoms with E-state index in [-0.39, 0.29) is 4.90 Å². The molecule has 6 nitrogen and oxygen atoms in total. The van der Waals surface area contributed by atoms with E-state index < -0.39 is 10.1 Å². The first kappa shape index (κ1) is 27.0. The van der Waals surface area contributed by atoms with Crippen molar-refractivity contribution in [3.63, 3.8) is 0 Å². The second-order valence-corrected chi connectivity index (χ2v) is 10.2. The first-order valence-corrected chi connectivity index (χ1v) is 13.6. The van der Waals surface area contributed by atoms with Gasteiger partial charge in [-0.3, -0.25) is 0 Å². The van der Waals surface area contributed by atoms with E-state index in [1.54, 1.807) is 19.2 Å². The molecular formula is C31H30N2O4S. The van der Waals surface area contributed by atoms with E-state index in [0.717, 1.165) is 23.2 Å². The number of hydrogen-bond acceptors (Lipinski definition) is 5. The average molecular weight is 527 g/mol. The van der Waals surface area contributed by atoms with Crippen LogP contribution in [-0.4, -0.2) is 26.7 Å². The number of rotatable bonds is 7. The fourth-order valence-corrected chi connectivity index (χ4v) is 4.66. The van der Waals surface area contributed by atoms with Gasteiger partial charge in [-0.15, -0.1) is 0 Å². The summed E-state index contributed by atoms with van der Waals surface area (Å²) in [6.45, 7) is 2.51. The van der Waals surface area contributed by atoms with Crippen molar-refractivity contribution in [2.75, 3.05) is 19.0 Å². The zero-order chi connectivity index (χ0) is 27.0. The van der Waals surface area contributed by atoms with Gasteiger partial charge in [-0.2, -0.15) is 0 Å². The second-order valence-electron chi connectivity index (χ2n) is 8.79. The van der Waals surface area contributed by atoms with Crippen LogP contribution in [-0.2, 0) is 21.3 Å². The Morgan fingerprint density at radius 3 is 2.34 bits per heavy atom. The van der Waals surface area contributed by atoms with Gasteiger partial charge in [-0.1, -0.05) is 60.2 Å². The highest BCUT2D eigenvalue weighted by atomic mass is 32.2. The Morgan fingerprint density at radius 2 is 1.63 bits per heavy atom. The smallest absolute Gasteiger partial charge is 0.211 e. The zero-order valence-electron chi connectivity index (χ0n) is 21.3. The molecule has 1 aromatic heterocycles. The fraction of sp³-hybridized carbons (Fsp3) is 0.129. The third-order valence-corrected chi connectivity index (χ3v) is 6.96. The molecule has 0 spiro atoms. The van der Waals surface area contributed by atoms with Crippen molar-refractivity contribution in [1.82, 2.24) is 0 Å². The summed E-state index contributed by atoms with van der Waals surface area (Å²) >= 11 is 0. The van der Waals surface area contributed by atoms with Crippen LogP contribution in [0.5, 0.6) is 0 Å². The molecule has 0 saturated carbocycles. The Hall–Kier alpha value is -4.04. The largest absolute Gasteiger partial charge is 0.744 e. The Balaban J connectivity index is 0.000000257. The number of ether oxygens (including phenoxy) is 1. The van der Waals surface area contributed by atoms with Crippen LogP contribution in [0, 0.1) is 6.92 Å². The molecule has 0 fully saturated rings. The summed E-state index contributed by atoms with van der Waals surface area (Å²) in [7, 11) is -2.52. The average Bonchev–Trinajstić information content (AvgIpc) is 2.93. The monoisotopic (exact) mass is 526 g/mol. The molecule has 7 heteroatoms. The lowest BCUT2D eigenvalue weighted by Gasteiger charge is -2.10. The summed E-state index contributed by atoms with van der Waals surface area (Å²) in [6.07, 6.45) is 7.05. The van der Waals surface area contributed by atoms with Crippen LogP contribution in [0.3, 0.4) is 0 Å². The van der Waals surface area contributed by atoms with Crippen molar-refractivity contribution in [1.29, 1.82) is 0 Å². The summed E-state index contributed by atoms with van der Waals surface area (Å²) in [5.74, 6) is 0. The van der Waals surface area contributed by atoms with Crippen LogP contribution < -0.4 is 10.3 Å². The molecule has 2 N–H and O–H groups in total. The van der Waals surface area contributed by atoms with Crippen molar-refractivity contribution in [2.45, 2.75) is 18.2 Å². The minimum atomic E-state index is -4.27. The predicted molar refractivity (Wildman–Crippen MR) is 152 cm³/mol. The Labute approximate surface area is 223 Å². The maximum atomic E-state index is 10.4. The topological polar surface area (TPSA) is 92.6 Å². The molecule has 5 aromatic rings. The number of pyridine rings is 1. The predicted octanol–water partition coefficient (Wildman–Crippen LogP) is 5.98. The Morgan fingerprint density at radius 1 is 0.921 bits per heavy atom. The van der Waals surface area contributed by atoms with Crippen LogP contribution in [0.2, 0.25) is 0 Å². The molecule has 194 valence electrons. The number of aromatic amines is 1. The second kappa shape index (κ2) is 12.5. The molecule has 0 radical (unpaired) electrons. The molecule has 0 atom stereocenters. The summed E-state index contributed by atoms with van der Waals surface area (Å²) < 4.78 is 36.6. The molecule has 0 saturated heterocycles. The van der Waals surface area contributed by atoms with E-state index in [4.69, 9.17) is 4.74 Å². The van der Waals surface area contributed by atoms with Gasteiger partial charge < -0.3 is 14.6 Å². The fourth-order valence-electron chi connectivity index (χ4n) is 4.19. The Kier molecular flexibility index (Phi) is 8.86. The Bertz CT molecular complexity index is 1650. The molecular weight excluding hydrogens is 496 g/mol. The minimum Gasteiger partial charge on any atom is -0.744 e. The van der Waals surface area contributed by atoms with Crippen molar-refractivity contribution in [3.05, 3.63) is 120 Å². The SMILES string of the molecule is COCCc1c(C=CNc2ccccc2)c[nH+]c2ccc3ccccc3c12.Cc1ccc(S(=O)(=O)[O-])cc1. The van der Waals surface area contributed by atoms with Crippen LogP contribution in [0.25, 0.3) is 27.8 Å². The van der Waals surface area contributed by atoms with Crippen molar-refractivity contribution < 1.29 is 22.7 Å². The summed E-state index contributed by atoms with van der Waals surface area (Å²) in [4.78, 5) is 3.28. The van der Waals surface area contributed by atoms with Crippen LogP contribution in [0.4, 0.5) is 5.69 Å². The zero-order valence-corrected chi connectivity index (χ0v) is 22.2. The number of fused-ring (bicyclic) bond motifs is 3. The summed E-state index contributed by atoms with van der Waals surface area (Å²) in [5, 5.41) is 7.12. The molecule has 0 aliphatic rings. The number of hydrogen-bond donors (Lipinski definition) is 1. The molecule has 1 heterocycles. The van der Waals surface area contributed by atoms with E-state index in [9.17, 15) is 13.0 Å². The molecule has 0 aliphatic heterocycles. The van der Waals surface area contributed by atoms with Gasteiger partial charge in [0.2, 0.25) is 5.52 Å². The highest BCUT2D eigenvalue weighted by Gasteiger charge is 2.14. The first-order valence-electron chi connectivity index (χ1n) is 12.2. The molecule has 5 rings (SSSR count). The molecule has 0 amide bonds. The van der Waals surface area contributed by atoms with Crippen LogP contribution in [0.15, 0.2) is 108 Å². The quantitative estimate of drug-likeness (QED) is 0.208. The lowest BCUT2D eigenvalue weighted by atomic mass is 9.96. The molecule has 0 aliphatic carbocycles. The van der Waals surface area contributed by atoms with Crippen LogP contribution in [0.1, 0.15) is 16.7 Å². The van der Waals surface area contributed by atoms with Gasteiger partial charge in [0.25, 0.3) is 0 Å². The molecule has 4 aromatic carbocycles. The van der Waals surface area contributed by atoms with Gasteiger partial charge in [0.15, 0.2) is 6.20 Å². The van der Waals surface area contributed by atoms with E-state index in [1.807, 2.05) is 31.3 Å². The number of aryl methyl sites for hydroxylation is 1. The van der Waals surface area contributed by atoms with Gasteiger partial charge >= 0.3 is 0 Å².